The van der Waals surface area contributed by atoms with Crippen molar-refractivity contribution in [2.75, 3.05) is 26.8 Å². The normalized spacial score (nSPS) is 27.7. The molecule has 2 aromatic rings. The van der Waals surface area contributed by atoms with Crippen LogP contribution in [0, 0.1) is 11.3 Å². The van der Waals surface area contributed by atoms with Gasteiger partial charge in [-0.3, -0.25) is 4.90 Å². The number of piperidine rings is 1. The molecule has 1 spiro atoms. The van der Waals surface area contributed by atoms with Gasteiger partial charge in [-0.05, 0) is 57.7 Å². The van der Waals surface area contributed by atoms with Crippen molar-refractivity contribution in [3.05, 3.63) is 40.3 Å². The second-order valence-electron chi connectivity index (χ2n) is 9.38. The number of para-hydroxylation sites is 1. The number of rotatable bonds is 3. The maximum atomic E-state index is 6.61. The first-order valence-corrected chi connectivity index (χ1v) is 11.5. The molecule has 0 bridgehead atoms. The second-order valence-corrected chi connectivity index (χ2v) is 10.1. The molecule has 5 nitrogen and oxygen atoms in total. The maximum absolute atomic E-state index is 6.61. The van der Waals surface area contributed by atoms with Crippen molar-refractivity contribution in [3.63, 3.8) is 0 Å². The van der Waals surface area contributed by atoms with Gasteiger partial charge in [0, 0.05) is 23.4 Å². The molecule has 1 aromatic carbocycles. The largest absolute Gasteiger partial charge is 0.493 e. The third kappa shape index (κ3) is 3.45. The summed E-state index contributed by atoms with van der Waals surface area (Å²) in [6, 6.07) is 6.15. The van der Waals surface area contributed by atoms with Gasteiger partial charge in [0.1, 0.15) is 5.60 Å². The molecule has 2 saturated heterocycles. The predicted molar refractivity (Wildman–Crippen MR) is 114 cm³/mol. The molecule has 0 radical (unpaired) electrons. The summed E-state index contributed by atoms with van der Waals surface area (Å²) in [5.74, 6) is 2.00. The number of hydrogen-bond acceptors (Lipinski definition) is 6. The van der Waals surface area contributed by atoms with Crippen LogP contribution in [0.25, 0.3) is 0 Å². The summed E-state index contributed by atoms with van der Waals surface area (Å²) >= 11 is 1.68. The highest BCUT2D eigenvalue weighted by molar-refractivity contribution is 7.07. The van der Waals surface area contributed by atoms with E-state index in [-0.39, 0.29) is 17.1 Å². The third-order valence-corrected chi connectivity index (χ3v) is 7.80. The molecular formula is C23H30N2O3S. The summed E-state index contributed by atoms with van der Waals surface area (Å²) in [4.78, 5) is 6.98. The van der Waals surface area contributed by atoms with Crippen LogP contribution in [-0.2, 0) is 11.3 Å². The highest BCUT2D eigenvalue weighted by Crippen LogP contribution is 2.57. The van der Waals surface area contributed by atoms with Crippen LogP contribution in [0.2, 0.25) is 0 Å². The van der Waals surface area contributed by atoms with E-state index >= 15 is 0 Å². The first kappa shape index (κ1) is 19.3. The fourth-order valence-electron chi connectivity index (χ4n) is 5.38. The highest BCUT2D eigenvalue weighted by atomic mass is 32.1. The number of hydrogen-bond donors (Lipinski definition) is 0. The lowest BCUT2D eigenvalue weighted by molar-refractivity contribution is -0.175. The number of methoxy groups -OCH3 is 1. The van der Waals surface area contributed by atoms with Crippen LogP contribution in [0.1, 0.15) is 50.5 Å². The summed E-state index contributed by atoms with van der Waals surface area (Å²) in [5, 5.41) is 2.16. The first-order valence-electron chi connectivity index (χ1n) is 10.6. The Hall–Kier alpha value is -1.63. The Kier molecular flexibility index (Phi) is 4.84. The standard InChI is InChI=1S/C23H30N2O3S/c1-22(2)18-11-23(7-9-25(10-8-23)12-16-13-29-15-24-16)14-27-20(18)17-5-4-6-19(26-3)21(17)28-22/h4-6,13,15,18,20H,7-12,14H2,1-3H3/t18-,20+/m0/s1. The van der Waals surface area contributed by atoms with Crippen molar-refractivity contribution >= 4 is 11.3 Å². The molecule has 5 rings (SSSR count). The highest BCUT2D eigenvalue weighted by Gasteiger charge is 2.53. The fourth-order valence-corrected chi connectivity index (χ4v) is 5.93. The van der Waals surface area contributed by atoms with Gasteiger partial charge in [0.25, 0.3) is 0 Å². The maximum Gasteiger partial charge on any atom is 0.167 e. The molecule has 0 saturated carbocycles. The van der Waals surface area contributed by atoms with Gasteiger partial charge < -0.3 is 14.2 Å². The molecule has 1 aromatic heterocycles. The van der Waals surface area contributed by atoms with Crippen LogP contribution in [0.15, 0.2) is 29.1 Å². The fraction of sp³-hybridized carbons (Fsp3) is 0.609. The second kappa shape index (κ2) is 7.25. The van der Waals surface area contributed by atoms with Gasteiger partial charge in [-0.2, -0.15) is 0 Å². The smallest absolute Gasteiger partial charge is 0.167 e. The molecular weight excluding hydrogens is 384 g/mol. The molecule has 0 aliphatic carbocycles. The van der Waals surface area contributed by atoms with E-state index in [4.69, 9.17) is 14.2 Å². The van der Waals surface area contributed by atoms with Gasteiger partial charge in [0.05, 0.1) is 31.0 Å². The van der Waals surface area contributed by atoms with Gasteiger partial charge in [-0.15, -0.1) is 11.3 Å². The molecule has 156 valence electrons. The molecule has 0 amide bonds. The van der Waals surface area contributed by atoms with Gasteiger partial charge >= 0.3 is 0 Å². The van der Waals surface area contributed by atoms with Gasteiger partial charge in [-0.1, -0.05) is 12.1 Å². The van der Waals surface area contributed by atoms with E-state index in [1.54, 1.807) is 18.4 Å². The zero-order chi connectivity index (χ0) is 20.1. The molecule has 6 heteroatoms. The Morgan fingerprint density at radius 3 is 2.83 bits per heavy atom. The van der Waals surface area contributed by atoms with Crippen molar-refractivity contribution in [1.82, 2.24) is 9.88 Å². The first-order chi connectivity index (χ1) is 14.0. The lowest BCUT2D eigenvalue weighted by Crippen LogP contribution is -2.54. The average molecular weight is 415 g/mol. The molecule has 0 unspecified atom stereocenters. The Morgan fingerprint density at radius 2 is 2.10 bits per heavy atom. The van der Waals surface area contributed by atoms with Gasteiger partial charge in [0.2, 0.25) is 0 Å². The van der Waals surface area contributed by atoms with E-state index in [1.165, 1.54) is 18.5 Å². The number of aromatic nitrogens is 1. The number of benzene rings is 1. The molecule has 29 heavy (non-hydrogen) atoms. The van der Waals surface area contributed by atoms with E-state index < -0.39 is 0 Å². The van der Waals surface area contributed by atoms with Crippen molar-refractivity contribution in [1.29, 1.82) is 0 Å². The monoisotopic (exact) mass is 414 g/mol. The van der Waals surface area contributed by atoms with Crippen LogP contribution in [0.5, 0.6) is 11.5 Å². The average Bonchev–Trinajstić information content (AvgIpc) is 3.23. The number of nitrogens with zero attached hydrogens (tertiary/aromatic N) is 2. The van der Waals surface area contributed by atoms with Crippen molar-refractivity contribution < 1.29 is 14.2 Å². The van der Waals surface area contributed by atoms with E-state index in [1.807, 2.05) is 17.6 Å². The predicted octanol–water partition coefficient (Wildman–Crippen LogP) is 4.68. The molecule has 3 aliphatic heterocycles. The van der Waals surface area contributed by atoms with Crippen LogP contribution < -0.4 is 9.47 Å². The minimum atomic E-state index is -0.280. The van der Waals surface area contributed by atoms with Crippen LogP contribution in [0.3, 0.4) is 0 Å². The van der Waals surface area contributed by atoms with Gasteiger partial charge in [-0.25, -0.2) is 4.98 Å². The van der Waals surface area contributed by atoms with Crippen molar-refractivity contribution in [2.24, 2.45) is 11.3 Å². The molecule has 0 N–H and O–H groups in total. The summed E-state index contributed by atoms with van der Waals surface area (Å²) in [7, 11) is 1.70. The molecule has 2 fully saturated rings. The third-order valence-electron chi connectivity index (χ3n) is 7.17. The van der Waals surface area contributed by atoms with E-state index in [0.29, 0.717) is 5.92 Å². The summed E-state index contributed by atoms with van der Waals surface area (Å²) < 4.78 is 18.7. The zero-order valence-corrected chi connectivity index (χ0v) is 18.3. The Balaban J connectivity index is 1.33. The zero-order valence-electron chi connectivity index (χ0n) is 17.5. The van der Waals surface area contributed by atoms with Gasteiger partial charge in [0.15, 0.2) is 11.5 Å². The van der Waals surface area contributed by atoms with Crippen LogP contribution >= 0.6 is 11.3 Å². The number of likely N-dealkylation sites (tertiary alicyclic amines) is 1. The topological polar surface area (TPSA) is 43.8 Å². The van der Waals surface area contributed by atoms with Crippen molar-refractivity contribution in [2.45, 2.75) is 51.4 Å². The Bertz CT molecular complexity index is 859. The lowest BCUT2D eigenvalue weighted by Gasteiger charge is -2.54. The van der Waals surface area contributed by atoms with E-state index in [9.17, 15) is 0 Å². The molecule has 3 aliphatic rings. The van der Waals surface area contributed by atoms with Crippen molar-refractivity contribution in [3.8, 4) is 11.5 Å². The number of ether oxygens (including phenoxy) is 3. The number of fused-ring (bicyclic) bond motifs is 3. The Morgan fingerprint density at radius 1 is 1.28 bits per heavy atom. The SMILES string of the molecule is COc1cccc2c1OC(C)(C)[C@H]1CC3(CCN(Cc4cscn4)CC3)CO[C@H]21. The Labute approximate surface area is 177 Å². The summed E-state index contributed by atoms with van der Waals surface area (Å²) in [5.41, 5.74) is 4.24. The van der Waals surface area contributed by atoms with E-state index in [0.717, 1.165) is 49.7 Å². The molecule has 2 atom stereocenters. The molecule has 4 heterocycles. The quantitative estimate of drug-likeness (QED) is 0.729. The summed E-state index contributed by atoms with van der Waals surface area (Å²) in [6.07, 6.45) is 3.61. The lowest BCUT2D eigenvalue weighted by atomic mass is 9.64. The summed E-state index contributed by atoms with van der Waals surface area (Å²) in [6.45, 7) is 8.45. The van der Waals surface area contributed by atoms with Crippen LogP contribution in [-0.4, -0.2) is 42.3 Å². The van der Waals surface area contributed by atoms with E-state index in [2.05, 4.69) is 35.2 Å². The number of thiazole rings is 1. The minimum Gasteiger partial charge on any atom is -0.493 e. The van der Waals surface area contributed by atoms with Crippen LogP contribution in [0.4, 0.5) is 0 Å². The minimum absolute atomic E-state index is 0.0857.